The SMILES string of the molecule is CC(C)C(C)(C)SCc1ccccc1. The highest BCUT2D eigenvalue weighted by Gasteiger charge is 2.22. The third-order valence-electron chi connectivity index (χ3n) is 2.84. The monoisotopic (exact) mass is 208 g/mol. The third kappa shape index (κ3) is 3.38. The van der Waals surface area contributed by atoms with Crippen LogP contribution in [0.3, 0.4) is 0 Å². The molecule has 0 atom stereocenters. The van der Waals surface area contributed by atoms with Crippen molar-refractivity contribution in [2.45, 2.75) is 38.2 Å². The first-order valence-corrected chi connectivity index (χ1v) is 6.19. The lowest BCUT2D eigenvalue weighted by atomic mass is 10.00. The van der Waals surface area contributed by atoms with Gasteiger partial charge in [-0.25, -0.2) is 0 Å². The fraction of sp³-hybridized carbons (Fsp3) is 0.538. The molecule has 0 aliphatic rings. The second-order valence-electron chi connectivity index (χ2n) is 4.53. The van der Waals surface area contributed by atoms with Gasteiger partial charge in [0.25, 0.3) is 0 Å². The topological polar surface area (TPSA) is 0 Å². The van der Waals surface area contributed by atoms with Crippen LogP contribution in [0.1, 0.15) is 33.3 Å². The second kappa shape index (κ2) is 4.88. The van der Waals surface area contributed by atoms with Gasteiger partial charge in [0.05, 0.1) is 0 Å². The van der Waals surface area contributed by atoms with E-state index in [9.17, 15) is 0 Å². The molecule has 0 nitrogen and oxygen atoms in total. The standard InChI is InChI=1S/C13H20S/c1-11(2)13(3,4)14-10-12-8-6-5-7-9-12/h5-9,11H,10H2,1-4H3. The van der Waals surface area contributed by atoms with E-state index in [-0.39, 0.29) is 0 Å². The van der Waals surface area contributed by atoms with Gasteiger partial charge < -0.3 is 0 Å². The lowest BCUT2D eigenvalue weighted by molar-refractivity contribution is 0.503. The first kappa shape index (κ1) is 11.6. The van der Waals surface area contributed by atoms with Crippen LogP contribution in [-0.4, -0.2) is 4.75 Å². The van der Waals surface area contributed by atoms with Gasteiger partial charge in [-0.05, 0) is 11.5 Å². The Hall–Kier alpha value is -0.430. The Morgan fingerprint density at radius 2 is 1.71 bits per heavy atom. The summed E-state index contributed by atoms with van der Waals surface area (Å²) in [6.07, 6.45) is 0. The van der Waals surface area contributed by atoms with Crippen LogP contribution in [0.15, 0.2) is 30.3 Å². The number of thioether (sulfide) groups is 1. The Balaban J connectivity index is 2.49. The molecular formula is C13H20S. The lowest BCUT2D eigenvalue weighted by Crippen LogP contribution is -2.22. The lowest BCUT2D eigenvalue weighted by Gasteiger charge is -2.28. The third-order valence-corrected chi connectivity index (χ3v) is 4.54. The number of benzene rings is 1. The predicted octanol–water partition coefficient (Wildman–Crippen LogP) is 4.35. The van der Waals surface area contributed by atoms with Crippen molar-refractivity contribution in [1.82, 2.24) is 0 Å². The van der Waals surface area contributed by atoms with Crippen LogP contribution in [0.25, 0.3) is 0 Å². The molecule has 14 heavy (non-hydrogen) atoms. The summed E-state index contributed by atoms with van der Waals surface area (Å²) in [7, 11) is 0. The summed E-state index contributed by atoms with van der Waals surface area (Å²) in [4.78, 5) is 0. The summed E-state index contributed by atoms with van der Waals surface area (Å²) in [6.45, 7) is 9.23. The summed E-state index contributed by atoms with van der Waals surface area (Å²) in [5, 5.41) is 0. The van der Waals surface area contributed by atoms with Crippen molar-refractivity contribution in [2.24, 2.45) is 5.92 Å². The quantitative estimate of drug-likeness (QED) is 0.708. The van der Waals surface area contributed by atoms with Crippen LogP contribution >= 0.6 is 11.8 Å². The van der Waals surface area contributed by atoms with E-state index in [1.807, 2.05) is 11.8 Å². The molecule has 0 radical (unpaired) electrons. The smallest absolute Gasteiger partial charge is 0.0190 e. The first-order valence-electron chi connectivity index (χ1n) is 5.20. The predicted molar refractivity (Wildman–Crippen MR) is 66.7 cm³/mol. The van der Waals surface area contributed by atoms with Gasteiger partial charge in [0.15, 0.2) is 0 Å². The zero-order valence-electron chi connectivity index (χ0n) is 9.58. The van der Waals surface area contributed by atoms with Gasteiger partial charge in [0.1, 0.15) is 0 Å². The minimum Gasteiger partial charge on any atom is -0.151 e. The van der Waals surface area contributed by atoms with Crippen LogP contribution in [0, 0.1) is 5.92 Å². The van der Waals surface area contributed by atoms with Gasteiger partial charge in [0.2, 0.25) is 0 Å². The van der Waals surface area contributed by atoms with Gasteiger partial charge >= 0.3 is 0 Å². The molecule has 0 saturated carbocycles. The molecule has 0 saturated heterocycles. The molecule has 1 aromatic carbocycles. The first-order chi connectivity index (χ1) is 6.52. The zero-order chi connectivity index (χ0) is 10.6. The molecule has 0 unspecified atom stereocenters. The van der Waals surface area contributed by atoms with Crippen molar-refractivity contribution in [3.05, 3.63) is 35.9 Å². The van der Waals surface area contributed by atoms with Crippen LogP contribution in [0.5, 0.6) is 0 Å². The average molecular weight is 208 g/mol. The maximum Gasteiger partial charge on any atom is 0.0190 e. The highest BCUT2D eigenvalue weighted by atomic mass is 32.2. The molecule has 0 aliphatic carbocycles. The second-order valence-corrected chi connectivity index (χ2v) is 6.16. The van der Waals surface area contributed by atoms with E-state index >= 15 is 0 Å². The van der Waals surface area contributed by atoms with E-state index in [0.717, 1.165) is 11.7 Å². The number of hydrogen-bond donors (Lipinski definition) is 0. The van der Waals surface area contributed by atoms with Crippen molar-refractivity contribution in [2.75, 3.05) is 0 Å². The van der Waals surface area contributed by atoms with Crippen LogP contribution in [-0.2, 0) is 5.75 Å². The molecule has 78 valence electrons. The highest BCUT2D eigenvalue weighted by molar-refractivity contribution is 7.99. The van der Waals surface area contributed by atoms with Gasteiger partial charge in [-0.15, -0.1) is 0 Å². The molecule has 1 rings (SSSR count). The average Bonchev–Trinajstić information content (AvgIpc) is 2.16. The van der Waals surface area contributed by atoms with Crippen molar-refractivity contribution in [3.8, 4) is 0 Å². The molecule has 0 amide bonds. The summed E-state index contributed by atoms with van der Waals surface area (Å²) >= 11 is 2.04. The summed E-state index contributed by atoms with van der Waals surface area (Å²) in [6, 6.07) is 10.7. The molecule has 0 N–H and O–H groups in total. The molecule has 0 aliphatic heterocycles. The van der Waals surface area contributed by atoms with Gasteiger partial charge in [0, 0.05) is 10.5 Å². The van der Waals surface area contributed by atoms with Crippen molar-refractivity contribution in [1.29, 1.82) is 0 Å². The van der Waals surface area contributed by atoms with E-state index in [1.54, 1.807) is 0 Å². The van der Waals surface area contributed by atoms with Crippen LogP contribution < -0.4 is 0 Å². The fourth-order valence-electron chi connectivity index (χ4n) is 1.01. The largest absolute Gasteiger partial charge is 0.151 e. The normalized spacial score (nSPS) is 12.1. The van der Waals surface area contributed by atoms with Gasteiger partial charge in [-0.3, -0.25) is 0 Å². The van der Waals surface area contributed by atoms with Crippen LogP contribution in [0.4, 0.5) is 0 Å². The Morgan fingerprint density at radius 1 is 1.14 bits per heavy atom. The Kier molecular flexibility index (Phi) is 4.06. The molecule has 0 aromatic heterocycles. The van der Waals surface area contributed by atoms with E-state index in [2.05, 4.69) is 58.0 Å². The molecule has 0 spiro atoms. The van der Waals surface area contributed by atoms with Gasteiger partial charge in [-0.1, -0.05) is 58.0 Å². The minimum atomic E-state index is 0.371. The number of hydrogen-bond acceptors (Lipinski definition) is 1. The van der Waals surface area contributed by atoms with E-state index in [1.165, 1.54) is 5.56 Å². The molecular weight excluding hydrogens is 188 g/mol. The van der Waals surface area contributed by atoms with E-state index in [4.69, 9.17) is 0 Å². The van der Waals surface area contributed by atoms with Crippen molar-refractivity contribution >= 4 is 11.8 Å². The maximum atomic E-state index is 2.32. The van der Waals surface area contributed by atoms with Crippen molar-refractivity contribution in [3.63, 3.8) is 0 Å². The van der Waals surface area contributed by atoms with Gasteiger partial charge in [-0.2, -0.15) is 11.8 Å². The molecule has 0 heterocycles. The summed E-state index contributed by atoms with van der Waals surface area (Å²) < 4.78 is 0.371. The van der Waals surface area contributed by atoms with E-state index in [0.29, 0.717) is 4.75 Å². The van der Waals surface area contributed by atoms with Crippen LogP contribution in [0.2, 0.25) is 0 Å². The summed E-state index contributed by atoms with van der Waals surface area (Å²) in [5.41, 5.74) is 1.42. The maximum absolute atomic E-state index is 2.32. The summed E-state index contributed by atoms with van der Waals surface area (Å²) in [5.74, 6) is 1.84. The molecule has 0 bridgehead atoms. The molecule has 1 heteroatoms. The molecule has 1 aromatic rings. The minimum absolute atomic E-state index is 0.371. The molecule has 0 fully saturated rings. The Morgan fingerprint density at radius 3 is 2.21 bits per heavy atom. The Bertz CT molecular complexity index is 262. The fourth-order valence-corrected chi connectivity index (χ4v) is 2.07. The van der Waals surface area contributed by atoms with E-state index < -0.39 is 0 Å². The van der Waals surface area contributed by atoms with Crippen molar-refractivity contribution < 1.29 is 0 Å². The zero-order valence-corrected chi connectivity index (χ0v) is 10.4. The Labute approximate surface area is 92.1 Å². The highest BCUT2D eigenvalue weighted by Crippen LogP contribution is 2.34. The number of rotatable bonds is 4.